The topological polar surface area (TPSA) is 35.5 Å². The zero-order chi connectivity index (χ0) is 14.2. The van der Waals surface area contributed by atoms with E-state index in [4.69, 9.17) is 9.47 Å². The first-order valence-electron chi connectivity index (χ1n) is 6.74. The highest BCUT2D eigenvalue weighted by atomic mass is 16.5. The average Bonchev–Trinajstić information content (AvgIpc) is 2.52. The fraction of sp³-hybridized carbons (Fsp3) is 0.235. The lowest BCUT2D eigenvalue weighted by Crippen LogP contribution is -2.13. The van der Waals surface area contributed by atoms with Gasteiger partial charge < -0.3 is 9.47 Å². The Morgan fingerprint density at radius 3 is 2.40 bits per heavy atom. The van der Waals surface area contributed by atoms with Crippen molar-refractivity contribution >= 4 is 5.78 Å². The second-order valence-electron chi connectivity index (χ2n) is 4.37. The van der Waals surface area contributed by atoms with E-state index in [0.29, 0.717) is 23.7 Å². The molecule has 0 atom stereocenters. The molecule has 0 N–H and O–H groups in total. The van der Waals surface area contributed by atoms with Crippen molar-refractivity contribution in [3.05, 3.63) is 60.2 Å². The van der Waals surface area contributed by atoms with E-state index in [1.165, 1.54) is 0 Å². The van der Waals surface area contributed by atoms with E-state index in [0.717, 1.165) is 6.42 Å². The Bertz CT molecular complexity index is 549. The first kappa shape index (κ1) is 14.1. The Labute approximate surface area is 119 Å². The number of para-hydroxylation sites is 2. The van der Waals surface area contributed by atoms with Crippen LogP contribution in [0.5, 0.6) is 11.5 Å². The summed E-state index contributed by atoms with van der Waals surface area (Å²) in [5.74, 6) is 1.23. The van der Waals surface area contributed by atoms with Crippen molar-refractivity contribution in [2.45, 2.75) is 13.3 Å². The highest BCUT2D eigenvalue weighted by Crippen LogP contribution is 2.19. The van der Waals surface area contributed by atoms with Crippen LogP contribution in [0.2, 0.25) is 0 Å². The summed E-state index contributed by atoms with van der Waals surface area (Å²) in [6.45, 7) is 2.64. The van der Waals surface area contributed by atoms with E-state index >= 15 is 0 Å². The molecule has 0 fully saturated rings. The molecule has 20 heavy (non-hydrogen) atoms. The van der Waals surface area contributed by atoms with Gasteiger partial charge in [-0.2, -0.15) is 0 Å². The third-order valence-corrected chi connectivity index (χ3v) is 2.76. The standard InChI is InChI=1S/C17H18O3/c1-2-12-19-17-11-7-6-10-15(17)16(18)13-20-14-8-4-3-5-9-14/h3-11H,2,12-13H2,1H3. The lowest BCUT2D eigenvalue weighted by molar-refractivity contribution is 0.0917. The Balaban J connectivity index is 2.01. The maximum atomic E-state index is 12.2. The van der Waals surface area contributed by atoms with Crippen molar-refractivity contribution in [2.24, 2.45) is 0 Å². The largest absolute Gasteiger partial charge is 0.493 e. The molecule has 3 nitrogen and oxygen atoms in total. The maximum Gasteiger partial charge on any atom is 0.203 e. The van der Waals surface area contributed by atoms with Gasteiger partial charge in [-0.05, 0) is 30.7 Å². The monoisotopic (exact) mass is 270 g/mol. The summed E-state index contributed by atoms with van der Waals surface area (Å²) in [5, 5.41) is 0. The van der Waals surface area contributed by atoms with Crippen molar-refractivity contribution < 1.29 is 14.3 Å². The van der Waals surface area contributed by atoms with Gasteiger partial charge in [0.2, 0.25) is 5.78 Å². The molecule has 0 amide bonds. The van der Waals surface area contributed by atoms with E-state index in [2.05, 4.69) is 0 Å². The lowest BCUT2D eigenvalue weighted by atomic mass is 10.1. The summed E-state index contributed by atoms with van der Waals surface area (Å²) in [4.78, 5) is 12.2. The van der Waals surface area contributed by atoms with E-state index in [-0.39, 0.29) is 12.4 Å². The average molecular weight is 270 g/mol. The van der Waals surface area contributed by atoms with Gasteiger partial charge in [0.25, 0.3) is 0 Å². The minimum Gasteiger partial charge on any atom is -0.493 e. The predicted molar refractivity (Wildman–Crippen MR) is 78.5 cm³/mol. The number of rotatable bonds is 7. The van der Waals surface area contributed by atoms with Gasteiger partial charge in [0, 0.05) is 0 Å². The van der Waals surface area contributed by atoms with Gasteiger partial charge in [-0.1, -0.05) is 37.3 Å². The van der Waals surface area contributed by atoms with Crippen LogP contribution < -0.4 is 9.47 Å². The van der Waals surface area contributed by atoms with Gasteiger partial charge in [0.1, 0.15) is 11.5 Å². The maximum absolute atomic E-state index is 12.2. The zero-order valence-electron chi connectivity index (χ0n) is 11.5. The minimum absolute atomic E-state index is 0.0104. The number of ketones is 1. The normalized spacial score (nSPS) is 10.1. The SMILES string of the molecule is CCCOc1ccccc1C(=O)COc1ccccc1. The van der Waals surface area contributed by atoms with E-state index in [1.54, 1.807) is 6.07 Å². The first-order chi connectivity index (χ1) is 9.81. The summed E-state index contributed by atoms with van der Waals surface area (Å²) in [6.07, 6.45) is 0.906. The fourth-order valence-corrected chi connectivity index (χ4v) is 1.78. The number of carbonyl (C=O) groups is 1. The number of Topliss-reactive ketones (excluding diaryl/α,β-unsaturated/α-hetero) is 1. The molecule has 0 heterocycles. The smallest absolute Gasteiger partial charge is 0.203 e. The molecule has 0 aliphatic rings. The molecule has 0 bridgehead atoms. The fourth-order valence-electron chi connectivity index (χ4n) is 1.78. The van der Waals surface area contributed by atoms with Crippen molar-refractivity contribution in [1.82, 2.24) is 0 Å². The molecule has 104 valence electrons. The predicted octanol–water partition coefficient (Wildman–Crippen LogP) is 3.74. The lowest BCUT2D eigenvalue weighted by Gasteiger charge is -2.10. The number of hydrogen-bond acceptors (Lipinski definition) is 3. The van der Waals surface area contributed by atoms with Crippen LogP contribution in [0.15, 0.2) is 54.6 Å². The Kier molecular flexibility index (Phi) is 5.18. The van der Waals surface area contributed by atoms with Crippen molar-refractivity contribution in [2.75, 3.05) is 13.2 Å². The third kappa shape index (κ3) is 3.85. The highest BCUT2D eigenvalue weighted by Gasteiger charge is 2.12. The second kappa shape index (κ2) is 7.34. The Morgan fingerprint density at radius 1 is 0.950 bits per heavy atom. The van der Waals surface area contributed by atoms with E-state index in [1.807, 2.05) is 55.5 Å². The molecule has 2 aromatic carbocycles. The number of hydrogen-bond donors (Lipinski definition) is 0. The Hall–Kier alpha value is -2.29. The highest BCUT2D eigenvalue weighted by molar-refractivity contribution is 5.99. The van der Waals surface area contributed by atoms with Crippen LogP contribution in [0, 0.1) is 0 Å². The van der Waals surface area contributed by atoms with Crippen LogP contribution >= 0.6 is 0 Å². The second-order valence-corrected chi connectivity index (χ2v) is 4.37. The van der Waals surface area contributed by atoms with Crippen LogP contribution in [0.3, 0.4) is 0 Å². The van der Waals surface area contributed by atoms with Gasteiger partial charge in [0.15, 0.2) is 6.61 Å². The molecular weight excluding hydrogens is 252 g/mol. The molecule has 0 radical (unpaired) electrons. The quantitative estimate of drug-likeness (QED) is 0.719. The van der Waals surface area contributed by atoms with Crippen LogP contribution in [0.4, 0.5) is 0 Å². The first-order valence-corrected chi connectivity index (χ1v) is 6.74. The van der Waals surface area contributed by atoms with E-state index < -0.39 is 0 Å². The summed E-state index contributed by atoms with van der Waals surface area (Å²) in [7, 11) is 0. The van der Waals surface area contributed by atoms with Gasteiger partial charge in [-0.3, -0.25) is 4.79 Å². The molecule has 2 aromatic rings. The molecular formula is C17H18O3. The van der Waals surface area contributed by atoms with Crippen molar-refractivity contribution in [3.63, 3.8) is 0 Å². The summed E-state index contributed by atoms with van der Waals surface area (Å²) >= 11 is 0. The van der Waals surface area contributed by atoms with Gasteiger partial charge in [-0.15, -0.1) is 0 Å². The van der Waals surface area contributed by atoms with E-state index in [9.17, 15) is 4.79 Å². The molecule has 0 saturated heterocycles. The molecule has 0 unspecified atom stereocenters. The van der Waals surface area contributed by atoms with Crippen LogP contribution in [-0.4, -0.2) is 19.0 Å². The van der Waals surface area contributed by atoms with Crippen molar-refractivity contribution in [1.29, 1.82) is 0 Å². The van der Waals surface area contributed by atoms with Gasteiger partial charge in [-0.25, -0.2) is 0 Å². The number of carbonyl (C=O) groups excluding carboxylic acids is 1. The minimum atomic E-state index is -0.0828. The molecule has 2 rings (SSSR count). The van der Waals surface area contributed by atoms with Crippen LogP contribution in [-0.2, 0) is 0 Å². The van der Waals surface area contributed by atoms with Gasteiger partial charge in [0.05, 0.1) is 12.2 Å². The molecule has 0 saturated carbocycles. The molecule has 0 aliphatic heterocycles. The zero-order valence-corrected chi connectivity index (χ0v) is 11.5. The number of benzene rings is 2. The third-order valence-electron chi connectivity index (χ3n) is 2.76. The summed E-state index contributed by atoms with van der Waals surface area (Å²) in [6, 6.07) is 16.6. The van der Waals surface area contributed by atoms with Gasteiger partial charge >= 0.3 is 0 Å². The van der Waals surface area contributed by atoms with Crippen LogP contribution in [0.25, 0.3) is 0 Å². The summed E-state index contributed by atoms with van der Waals surface area (Å²) < 4.78 is 11.1. The number of ether oxygens (including phenoxy) is 2. The summed E-state index contributed by atoms with van der Waals surface area (Å²) in [5.41, 5.74) is 0.567. The Morgan fingerprint density at radius 2 is 1.65 bits per heavy atom. The molecule has 0 aliphatic carbocycles. The molecule has 3 heteroatoms. The van der Waals surface area contributed by atoms with Crippen molar-refractivity contribution in [3.8, 4) is 11.5 Å². The van der Waals surface area contributed by atoms with Crippen LogP contribution in [0.1, 0.15) is 23.7 Å². The molecule has 0 spiro atoms. The molecule has 0 aromatic heterocycles.